The topological polar surface area (TPSA) is 64.9 Å². The number of aryl methyl sites for hydroxylation is 2. The molecule has 0 saturated heterocycles. The molecule has 0 radical (unpaired) electrons. The second-order valence-electron chi connectivity index (χ2n) is 4.10. The molecule has 0 saturated carbocycles. The van der Waals surface area contributed by atoms with Gasteiger partial charge in [-0.15, -0.1) is 11.8 Å². The average Bonchev–Trinajstić information content (AvgIpc) is 2.82. The van der Waals surface area contributed by atoms with E-state index in [1.165, 1.54) is 10.5 Å². The number of thioether (sulfide) groups is 1. The van der Waals surface area contributed by atoms with Gasteiger partial charge in [-0.1, -0.05) is 22.9 Å². The lowest BCUT2D eigenvalue weighted by molar-refractivity contribution is 0.372. The molecular weight excluding hydrogens is 246 g/mol. The third-order valence-electron chi connectivity index (χ3n) is 2.46. The van der Waals surface area contributed by atoms with Crippen LogP contribution in [-0.4, -0.2) is 16.7 Å². The molecule has 0 amide bonds. The van der Waals surface area contributed by atoms with Crippen molar-refractivity contribution in [3.8, 4) is 0 Å². The van der Waals surface area contributed by atoms with Gasteiger partial charge in [0.1, 0.15) is 0 Å². The van der Waals surface area contributed by atoms with Crippen LogP contribution in [0.4, 0.5) is 0 Å². The van der Waals surface area contributed by atoms with Crippen molar-refractivity contribution in [2.45, 2.75) is 30.4 Å². The van der Waals surface area contributed by atoms with Gasteiger partial charge in [-0.05, 0) is 32.0 Å². The van der Waals surface area contributed by atoms with Crippen LogP contribution in [-0.2, 0) is 12.2 Å². The summed E-state index contributed by atoms with van der Waals surface area (Å²) in [7, 11) is 0. The number of hydrogen-bond acceptors (Lipinski definition) is 5. The maximum atomic E-state index is 5.44. The third kappa shape index (κ3) is 3.85. The molecule has 0 fully saturated rings. The van der Waals surface area contributed by atoms with E-state index in [1.54, 1.807) is 11.8 Å². The van der Waals surface area contributed by atoms with Gasteiger partial charge in [0.15, 0.2) is 5.82 Å². The molecule has 0 aliphatic rings. The zero-order valence-corrected chi connectivity index (χ0v) is 11.2. The normalized spacial score (nSPS) is 10.8. The van der Waals surface area contributed by atoms with Crippen molar-refractivity contribution in [3.63, 3.8) is 0 Å². The summed E-state index contributed by atoms with van der Waals surface area (Å²) in [6.07, 6.45) is 1.64. The lowest BCUT2D eigenvalue weighted by Crippen LogP contribution is -2.00. The molecule has 0 atom stereocenters. The Hall–Kier alpha value is -1.33. The average molecular weight is 263 g/mol. The van der Waals surface area contributed by atoms with Crippen LogP contribution in [0.5, 0.6) is 0 Å². The van der Waals surface area contributed by atoms with Gasteiger partial charge in [-0.25, -0.2) is 0 Å². The molecule has 2 aromatic rings. The van der Waals surface area contributed by atoms with E-state index < -0.39 is 0 Å². The Bertz CT molecular complexity index is 498. The first-order chi connectivity index (χ1) is 8.78. The molecule has 18 heavy (non-hydrogen) atoms. The Morgan fingerprint density at radius 1 is 1.39 bits per heavy atom. The van der Waals surface area contributed by atoms with Crippen LogP contribution >= 0.6 is 11.8 Å². The van der Waals surface area contributed by atoms with Gasteiger partial charge in [0.2, 0.25) is 5.89 Å². The minimum atomic E-state index is 0.649. The Kier molecular flexibility index (Phi) is 4.78. The van der Waals surface area contributed by atoms with Crippen molar-refractivity contribution < 1.29 is 4.52 Å². The highest BCUT2D eigenvalue weighted by Gasteiger charge is 2.06. The second kappa shape index (κ2) is 6.56. The van der Waals surface area contributed by atoms with E-state index in [4.69, 9.17) is 10.3 Å². The van der Waals surface area contributed by atoms with Crippen LogP contribution in [0, 0.1) is 6.92 Å². The summed E-state index contributed by atoms with van der Waals surface area (Å²) in [5.41, 5.74) is 6.70. The molecule has 96 valence electrons. The molecule has 0 aliphatic carbocycles. The number of nitrogens with zero attached hydrogens (tertiary/aromatic N) is 2. The minimum Gasteiger partial charge on any atom is -0.339 e. The third-order valence-corrected chi connectivity index (χ3v) is 3.45. The minimum absolute atomic E-state index is 0.649. The van der Waals surface area contributed by atoms with Crippen LogP contribution in [0.15, 0.2) is 33.7 Å². The molecule has 0 aliphatic heterocycles. The predicted octanol–water partition coefficient (Wildman–Crippen LogP) is 2.56. The Labute approximate surface area is 111 Å². The van der Waals surface area contributed by atoms with E-state index in [0.29, 0.717) is 12.4 Å². The molecule has 5 heteroatoms. The summed E-state index contributed by atoms with van der Waals surface area (Å²) in [5.74, 6) is 2.16. The highest BCUT2D eigenvalue weighted by Crippen LogP contribution is 2.22. The van der Waals surface area contributed by atoms with Gasteiger partial charge in [0, 0.05) is 11.3 Å². The van der Waals surface area contributed by atoms with Gasteiger partial charge in [0.05, 0.1) is 5.75 Å². The van der Waals surface area contributed by atoms with Crippen LogP contribution in [0.3, 0.4) is 0 Å². The molecular formula is C13H17N3OS. The van der Waals surface area contributed by atoms with Gasteiger partial charge >= 0.3 is 0 Å². The number of rotatable bonds is 6. The monoisotopic (exact) mass is 263 g/mol. The van der Waals surface area contributed by atoms with E-state index in [1.807, 2.05) is 0 Å². The molecule has 0 unspecified atom stereocenters. The van der Waals surface area contributed by atoms with Crippen molar-refractivity contribution in [3.05, 3.63) is 41.5 Å². The first-order valence-corrected chi connectivity index (χ1v) is 6.97. The summed E-state index contributed by atoms with van der Waals surface area (Å²) < 4.78 is 5.15. The summed E-state index contributed by atoms with van der Waals surface area (Å²) in [4.78, 5) is 5.56. The second-order valence-corrected chi connectivity index (χ2v) is 5.15. The van der Waals surface area contributed by atoms with Crippen LogP contribution < -0.4 is 5.73 Å². The number of hydrogen-bond donors (Lipinski definition) is 1. The summed E-state index contributed by atoms with van der Waals surface area (Å²) >= 11 is 1.72. The molecule has 2 rings (SSSR count). The summed E-state index contributed by atoms with van der Waals surface area (Å²) in [6, 6.07) is 8.39. The first-order valence-electron chi connectivity index (χ1n) is 5.99. The van der Waals surface area contributed by atoms with Crippen LogP contribution in [0.1, 0.15) is 23.7 Å². The Balaban J connectivity index is 1.88. The van der Waals surface area contributed by atoms with E-state index in [2.05, 4.69) is 41.3 Å². The van der Waals surface area contributed by atoms with Crippen molar-refractivity contribution in [1.29, 1.82) is 0 Å². The van der Waals surface area contributed by atoms with E-state index >= 15 is 0 Å². The van der Waals surface area contributed by atoms with Crippen molar-refractivity contribution in [2.24, 2.45) is 5.73 Å². The fraction of sp³-hybridized carbons (Fsp3) is 0.385. The smallest absolute Gasteiger partial charge is 0.226 e. The van der Waals surface area contributed by atoms with Crippen molar-refractivity contribution in [1.82, 2.24) is 10.1 Å². The molecule has 1 aromatic carbocycles. The van der Waals surface area contributed by atoms with Crippen molar-refractivity contribution >= 4 is 11.8 Å². The highest BCUT2D eigenvalue weighted by molar-refractivity contribution is 7.98. The van der Waals surface area contributed by atoms with E-state index in [0.717, 1.165) is 24.4 Å². The van der Waals surface area contributed by atoms with E-state index in [-0.39, 0.29) is 0 Å². The fourth-order valence-electron chi connectivity index (χ4n) is 1.56. The Morgan fingerprint density at radius 3 is 3.06 bits per heavy atom. The lowest BCUT2D eigenvalue weighted by Gasteiger charge is -1.99. The molecule has 2 N–H and O–H groups in total. The molecule has 0 spiro atoms. The number of benzene rings is 1. The largest absolute Gasteiger partial charge is 0.339 e. The summed E-state index contributed by atoms with van der Waals surface area (Å²) in [5, 5.41) is 3.96. The van der Waals surface area contributed by atoms with E-state index in [9.17, 15) is 0 Å². The molecule has 1 aromatic heterocycles. The summed E-state index contributed by atoms with van der Waals surface area (Å²) in [6.45, 7) is 2.74. The highest BCUT2D eigenvalue weighted by atomic mass is 32.2. The number of aromatic nitrogens is 2. The predicted molar refractivity (Wildman–Crippen MR) is 72.4 cm³/mol. The Morgan fingerprint density at radius 2 is 2.28 bits per heavy atom. The van der Waals surface area contributed by atoms with Gasteiger partial charge in [0.25, 0.3) is 0 Å². The standard InChI is InChI=1S/C13H17N3OS/c1-10-4-2-5-11(8-10)18-9-12-15-13(17-16-12)6-3-7-14/h2,4-5,8H,3,6-7,9,14H2,1H3. The molecule has 1 heterocycles. The molecule has 0 bridgehead atoms. The van der Waals surface area contributed by atoms with Crippen molar-refractivity contribution in [2.75, 3.05) is 6.54 Å². The SMILES string of the molecule is Cc1cccc(SCc2noc(CCCN)n2)c1. The van der Waals surface area contributed by atoms with Gasteiger partial charge in [-0.3, -0.25) is 0 Å². The lowest BCUT2D eigenvalue weighted by atomic mass is 10.2. The maximum absolute atomic E-state index is 5.44. The zero-order valence-electron chi connectivity index (χ0n) is 10.4. The number of nitrogens with two attached hydrogens (primary N) is 1. The van der Waals surface area contributed by atoms with Crippen LogP contribution in [0.2, 0.25) is 0 Å². The van der Waals surface area contributed by atoms with Gasteiger partial charge in [-0.2, -0.15) is 4.98 Å². The maximum Gasteiger partial charge on any atom is 0.226 e. The van der Waals surface area contributed by atoms with Gasteiger partial charge < -0.3 is 10.3 Å². The zero-order chi connectivity index (χ0) is 12.8. The van der Waals surface area contributed by atoms with Crippen LogP contribution in [0.25, 0.3) is 0 Å². The first kappa shape index (κ1) is 13.1. The fourth-order valence-corrected chi connectivity index (χ4v) is 2.41. The quantitative estimate of drug-likeness (QED) is 0.811. The molecule has 4 nitrogen and oxygen atoms in total.